The third-order valence-corrected chi connectivity index (χ3v) is 1.92. The first kappa shape index (κ1) is 9.30. The van der Waals surface area contributed by atoms with Crippen molar-refractivity contribution in [3.8, 4) is 0 Å². The molecule has 1 rings (SSSR count). The molecule has 2 heteroatoms. The van der Waals surface area contributed by atoms with Gasteiger partial charge in [-0.15, -0.1) is 0 Å². The van der Waals surface area contributed by atoms with Gasteiger partial charge in [-0.1, -0.05) is 13.3 Å². The molecule has 0 aliphatic carbocycles. The Bertz CT molecular complexity index is 243. The van der Waals surface area contributed by atoms with Crippen molar-refractivity contribution in [3.63, 3.8) is 0 Å². The van der Waals surface area contributed by atoms with Crippen LogP contribution in [0.1, 0.15) is 39.8 Å². The summed E-state index contributed by atoms with van der Waals surface area (Å²) < 4.78 is 2.16. The van der Waals surface area contributed by atoms with E-state index < -0.39 is 0 Å². The van der Waals surface area contributed by atoms with Crippen molar-refractivity contribution in [3.05, 3.63) is 18.2 Å². The van der Waals surface area contributed by atoms with Gasteiger partial charge in [-0.2, -0.15) is 0 Å². The largest absolute Gasteiger partial charge is 0.332 e. The summed E-state index contributed by atoms with van der Waals surface area (Å²) >= 11 is 0. The van der Waals surface area contributed by atoms with Crippen molar-refractivity contribution in [1.29, 1.82) is 0 Å². The van der Waals surface area contributed by atoms with Gasteiger partial charge in [-0.25, -0.2) is 4.98 Å². The highest BCUT2D eigenvalue weighted by Gasteiger charge is 2.12. The van der Waals surface area contributed by atoms with E-state index in [1.165, 1.54) is 12.1 Å². The van der Waals surface area contributed by atoms with Crippen LogP contribution in [0.3, 0.4) is 0 Å². The predicted octanol–water partition coefficient (Wildman–Crippen LogP) is 2.59. The first-order chi connectivity index (χ1) is 5.54. The zero-order valence-corrected chi connectivity index (χ0v) is 8.46. The first-order valence-corrected chi connectivity index (χ1v) is 4.57. The molecule has 0 bridgehead atoms. The van der Waals surface area contributed by atoms with Gasteiger partial charge in [0.25, 0.3) is 0 Å². The molecule has 0 spiro atoms. The summed E-state index contributed by atoms with van der Waals surface area (Å²) in [6, 6.07) is 0. The van der Waals surface area contributed by atoms with E-state index in [1.54, 1.807) is 0 Å². The molecule has 2 nitrogen and oxygen atoms in total. The Morgan fingerprint density at radius 3 is 2.50 bits per heavy atom. The molecule has 1 aromatic heterocycles. The third-order valence-electron chi connectivity index (χ3n) is 1.92. The molecule has 1 heterocycles. The molecule has 0 N–H and O–H groups in total. The SMILES string of the molecule is CCCc1cn(C(C)(C)C)cn1. The minimum absolute atomic E-state index is 0.166. The molecular formula is C10H18N2. The van der Waals surface area contributed by atoms with Crippen molar-refractivity contribution in [2.75, 3.05) is 0 Å². The van der Waals surface area contributed by atoms with E-state index in [9.17, 15) is 0 Å². The van der Waals surface area contributed by atoms with E-state index in [4.69, 9.17) is 0 Å². The molecule has 0 aliphatic rings. The van der Waals surface area contributed by atoms with Gasteiger partial charge in [0.15, 0.2) is 0 Å². The lowest BCUT2D eigenvalue weighted by atomic mass is 10.1. The molecular weight excluding hydrogens is 148 g/mol. The lowest BCUT2D eigenvalue weighted by molar-refractivity contribution is 0.396. The molecule has 0 aromatic carbocycles. The van der Waals surface area contributed by atoms with Crippen LogP contribution in [0.25, 0.3) is 0 Å². The second kappa shape index (κ2) is 3.30. The van der Waals surface area contributed by atoms with Gasteiger partial charge in [0, 0.05) is 11.7 Å². The minimum Gasteiger partial charge on any atom is -0.332 e. The number of aryl methyl sites for hydroxylation is 1. The van der Waals surface area contributed by atoms with Gasteiger partial charge >= 0.3 is 0 Å². The van der Waals surface area contributed by atoms with E-state index in [0.717, 1.165) is 6.42 Å². The molecule has 1 aromatic rings. The first-order valence-electron chi connectivity index (χ1n) is 4.57. The van der Waals surface area contributed by atoms with Gasteiger partial charge in [0.2, 0.25) is 0 Å². The van der Waals surface area contributed by atoms with Crippen molar-refractivity contribution in [1.82, 2.24) is 9.55 Å². The van der Waals surface area contributed by atoms with E-state index in [-0.39, 0.29) is 5.54 Å². The number of hydrogen-bond acceptors (Lipinski definition) is 1. The number of hydrogen-bond donors (Lipinski definition) is 0. The number of rotatable bonds is 2. The fourth-order valence-electron chi connectivity index (χ4n) is 1.12. The monoisotopic (exact) mass is 166 g/mol. The van der Waals surface area contributed by atoms with Crippen molar-refractivity contribution >= 4 is 0 Å². The summed E-state index contributed by atoms with van der Waals surface area (Å²) in [5.74, 6) is 0. The quantitative estimate of drug-likeness (QED) is 0.660. The molecule has 0 fully saturated rings. The van der Waals surface area contributed by atoms with Crippen LogP contribution in [0.5, 0.6) is 0 Å². The smallest absolute Gasteiger partial charge is 0.0954 e. The number of nitrogens with zero attached hydrogens (tertiary/aromatic N) is 2. The summed E-state index contributed by atoms with van der Waals surface area (Å²) in [6.07, 6.45) is 6.32. The summed E-state index contributed by atoms with van der Waals surface area (Å²) in [6.45, 7) is 8.73. The average molecular weight is 166 g/mol. The fourth-order valence-corrected chi connectivity index (χ4v) is 1.12. The molecule has 0 atom stereocenters. The zero-order chi connectivity index (χ0) is 9.19. The minimum atomic E-state index is 0.166. The normalized spacial score (nSPS) is 12.0. The van der Waals surface area contributed by atoms with Crippen molar-refractivity contribution < 1.29 is 0 Å². The number of aromatic nitrogens is 2. The second-order valence-electron chi connectivity index (χ2n) is 4.19. The van der Waals surface area contributed by atoms with Crippen LogP contribution < -0.4 is 0 Å². The van der Waals surface area contributed by atoms with Gasteiger partial charge in [-0.3, -0.25) is 0 Å². The van der Waals surface area contributed by atoms with Crippen LogP contribution in [0.2, 0.25) is 0 Å². The molecule has 0 unspecified atom stereocenters. The molecule has 0 saturated carbocycles. The van der Waals surface area contributed by atoms with Gasteiger partial charge < -0.3 is 4.57 Å². The molecule has 0 radical (unpaired) electrons. The highest BCUT2D eigenvalue weighted by atomic mass is 15.1. The van der Waals surface area contributed by atoms with Crippen molar-refractivity contribution in [2.45, 2.75) is 46.1 Å². The highest BCUT2D eigenvalue weighted by Crippen LogP contribution is 2.14. The Balaban J connectivity index is 2.77. The van der Waals surface area contributed by atoms with Gasteiger partial charge in [0.05, 0.1) is 12.0 Å². The number of imidazole rings is 1. The van der Waals surface area contributed by atoms with Crippen LogP contribution in [-0.4, -0.2) is 9.55 Å². The Labute approximate surface area is 74.6 Å². The molecule has 68 valence electrons. The topological polar surface area (TPSA) is 17.8 Å². The highest BCUT2D eigenvalue weighted by molar-refractivity contribution is 4.99. The zero-order valence-electron chi connectivity index (χ0n) is 8.46. The molecule has 0 aliphatic heterocycles. The van der Waals surface area contributed by atoms with E-state index in [1.807, 2.05) is 6.33 Å². The summed E-state index contributed by atoms with van der Waals surface area (Å²) in [7, 11) is 0. The predicted molar refractivity (Wildman–Crippen MR) is 51.2 cm³/mol. The Hall–Kier alpha value is -0.790. The fraction of sp³-hybridized carbons (Fsp3) is 0.700. The lowest BCUT2D eigenvalue weighted by Gasteiger charge is -2.19. The van der Waals surface area contributed by atoms with E-state index in [0.29, 0.717) is 0 Å². The molecule has 0 saturated heterocycles. The van der Waals surface area contributed by atoms with Gasteiger partial charge in [-0.05, 0) is 27.2 Å². The van der Waals surface area contributed by atoms with Crippen LogP contribution in [0.15, 0.2) is 12.5 Å². The molecule has 12 heavy (non-hydrogen) atoms. The van der Waals surface area contributed by atoms with Crippen molar-refractivity contribution in [2.24, 2.45) is 0 Å². The second-order valence-corrected chi connectivity index (χ2v) is 4.19. The maximum atomic E-state index is 4.34. The maximum absolute atomic E-state index is 4.34. The summed E-state index contributed by atoms with van der Waals surface area (Å²) in [5.41, 5.74) is 1.37. The summed E-state index contributed by atoms with van der Waals surface area (Å²) in [5, 5.41) is 0. The molecule has 0 amide bonds. The Morgan fingerprint density at radius 2 is 2.08 bits per heavy atom. The van der Waals surface area contributed by atoms with Gasteiger partial charge in [0.1, 0.15) is 0 Å². The van der Waals surface area contributed by atoms with Crippen LogP contribution >= 0.6 is 0 Å². The Morgan fingerprint density at radius 1 is 1.42 bits per heavy atom. The Kier molecular flexibility index (Phi) is 2.55. The average Bonchev–Trinajstić information content (AvgIpc) is 2.35. The van der Waals surface area contributed by atoms with E-state index >= 15 is 0 Å². The van der Waals surface area contributed by atoms with Crippen LogP contribution in [0, 0.1) is 0 Å². The lowest BCUT2D eigenvalue weighted by Crippen LogP contribution is -2.19. The summed E-state index contributed by atoms with van der Waals surface area (Å²) in [4.78, 5) is 4.34. The standard InChI is InChI=1S/C10H18N2/c1-5-6-9-7-12(8-11-9)10(2,3)4/h7-8H,5-6H2,1-4H3. The van der Waals surface area contributed by atoms with E-state index in [2.05, 4.69) is 43.4 Å². The maximum Gasteiger partial charge on any atom is 0.0954 e. The third kappa shape index (κ3) is 2.10. The van der Waals surface area contributed by atoms with Crippen LogP contribution in [0.4, 0.5) is 0 Å². The van der Waals surface area contributed by atoms with Crippen LogP contribution in [-0.2, 0) is 12.0 Å².